The van der Waals surface area contributed by atoms with Crippen LogP contribution in [0.25, 0.3) is 11.0 Å². The summed E-state index contributed by atoms with van der Waals surface area (Å²) in [5.41, 5.74) is 1.22. The van der Waals surface area contributed by atoms with E-state index in [-0.39, 0.29) is 5.63 Å². The van der Waals surface area contributed by atoms with Crippen molar-refractivity contribution in [2.45, 2.75) is 52.4 Å². The van der Waals surface area contributed by atoms with E-state index in [4.69, 9.17) is 9.15 Å². The fourth-order valence-electron chi connectivity index (χ4n) is 2.47. The number of hydrogen-bond acceptors (Lipinski definition) is 3. The van der Waals surface area contributed by atoms with Crippen molar-refractivity contribution >= 4 is 11.0 Å². The van der Waals surface area contributed by atoms with Gasteiger partial charge in [-0.2, -0.15) is 0 Å². The molecule has 0 N–H and O–H groups in total. The lowest BCUT2D eigenvalue weighted by Gasteiger charge is -2.07. The second-order valence-electron chi connectivity index (χ2n) is 5.52. The zero-order valence-corrected chi connectivity index (χ0v) is 13.0. The molecule has 1 aromatic heterocycles. The Balaban J connectivity index is 1.87. The van der Waals surface area contributed by atoms with E-state index in [1.54, 1.807) is 6.07 Å². The molecule has 3 nitrogen and oxygen atoms in total. The Morgan fingerprint density at radius 1 is 1.05 bits per heavy atom. The summed E-state index contributed by atoms with van der Waals surface area (Å²) in [6.07, 6.45) is 7.48. The SMILES string of the molecule is CCCCCCCCOc1ccc2c(C)cc(=O)oc2c1. The van der Waals surface area contributed by atoms with Crippen LogP contribution in [0.15, 0.2) is 33.5 Å². The molecule has 21 heavy (non-hydrogen) atoms. The highest BCUT2D eigenvalue weighted by atomic mass is 16.5. The molecule has 3 heteroatoms. The lowest BCUT2D eigenvalue weighted by atomic mass is 10.1. The van der Waals surface area contributed by atoms with Crippen molar-refractivity contribution in [3.8, 4) is 5.75 Å². The van der Waals surface area contributed by atoms with Gasteiger partial charge in [-0.1, -0.05) is 39.0 Å². The van der Waals surface area contributed by atoms with Crippen molar-refractivity contribution in [1.29, 1.82) is 0 Å². The van der Waals surface area contributed by atoms with Crippen LogP contribution in [0.5, 0.6) is 5.75 Å². The zero-order valence-electron chi connectivity index (χ0n) is 13.0. The highest BCUT2D eigenvalue weighted by molar-refractivity contribution is 5.81. The van der Waals surface area contributed by atoms with Crippen LogP contribution < -0.4 is 10.4 Å². The Morgan fingerprint density at radius 2 is 1.81 bits per heavy atom. The summed E-state index contributed by atoms with van der Waals surface area (Å²) in [6.45, 7) is 4.85. The average molecular weight is 288 g/mol. The third-order valence-corrected chi connectivity index (χ3v) is 3.69. The minimum atomic E-state index is -0.312. The predicted octanol–water partition coefficient (Wildman–Crippen LogP) is 4.84. The van der Waals surface area contributed by atoms with Crippen LogP contribution in [0.1, 0.15) is 51.0 Å². The smallest absolute Gasteiger partial charge is 0.336 e. The Morgan fingerprint density at radius 3 is 2.62 bits per heavy atom. The van der Waals surface area contributed by atoms with E-state index >= 15 is 0 Å². The first-order valence-corrected chi connectivity index (χ1v) is 7.88. The summed E-state index contributed by atoms with van der Waals surface area (Å²) in [4.78, 5) is 11.4. The van der Waals surface area contributed by atoms with Crippen molar-refractivity contribution < 1.29 is 9.15 Å². The summed E-state index contributed by atoms with van der Waals surface area (Å²) >= 11 is 0. The summed E-state index contributed by atoms with van der Waals surface area (Å²) in [6, 6.07) is 7.20. The normalized spacial score (nSPS) is 11.0. The molecule has 0 bridgehead atoms. The molecular formula is C18H24O3. The molecule has 2 rings (SSSR count). The lowest BCUT2D eigenvalue weighted by molar-refractivity contribution is 0.304. The van der Waals surface area contributed by atoms with Crippen LogP contribution in [0, 0.1) is 6.92 Å². The van der Waals surface area contributed by atoms with Crippen LogP contribution in [-0.2, 0) is 0 Å². The molecular weight excluding hydrogens is 264 g/mol. The predicted molar refractivity (Wildman–Crippen MR) is 86.1 cm³/mol. The standard InChI is InChI=1S/C18H24O3/c1-3-4-5-6-7-8-11-20-15-9-10-16-14(2)12-18(19)21-17(16)13-15/h9-10,12-13H,3-8,11H2,1-2H3. The molecule has 1 aromatic carbocycles. The third kappa shape index (κ3) is 4.62. The van der Waals surface area contributed by atoms with Crippen molar-refractivity contribution in [3.63, 3.8) is 0 Å². The average Bonchev–Trinajstić information content (AvgIpc) is 2.45. The molecule has 0 spiro atoms. The van der Waals surface area contributed by atoms with Gasteiger partial charge in [-0.05, 0) is 31.0 Å². The molecule has 0 unspecified atom stereocenters. The number of hydrogen-bond donors (Lipinski definition) is 0. The first-order chi connectivity index (χ1) is 10.2. The second-order valence-corrected chi connectivity index (χ2v) is 5.52. The van der Waals surface area contributed by atoms with E-state index in [9.17, 15) is 4.79 Å². The summed E-state index contributed by atoms with van der Waals surface area (Å²) in [5.74, 6) is 0.768. The molecule has 0 radical (unpaired) electrons. The monoisotopic (exact) mass is 288 g/mol. The van der Waals surface area contributed by atoms with Crippen LogP contribution in [0.2, 0.25) is 0 Å². The molecule has 0 saturated carbocycles. The topological polar surface area (TPSA) is 39.4 Å². The Bertz CT molecular complexity index is 628. The number of ether oxygens (including phenoxy) is 1. The van der Waals surface area contributed by atoms with Crippen molar-refractivity contribution in [2.75, 3.05) is 6.61 Å². The fraction of sp³-hybridized carbons (Fsp3) is 0.500. The molecule has 2 aromatic rings. The van der Waals surface area contributed by atoms with Crippen LogP contribution >= 0.6 is 0 Å². The highest BCUT2D eigenvalue weighted by Gasteiger charge is 2.04. The maximum Gasteiger partial charge on any atom is 0.336 e. The molecule has 0 saturated heterocycles. The van der Waals surface area contributed by atoms with E-state index < -0.39 is 0 Å². The van der Waals surface area contributed by atoms with Crippen molar-refractivity contribution in [3.05, 3.63) is 40.2 Å². The molecule has 1 heterocycles. The molecule has 0 fully saturated rings. The van der Waals surface area contributed by atoms with Gasteiger partial charge < -0.3 is 9.15 Å². The fourth-order valence-corrected chi connectivity index (χ4v) is 2.47. The van der Waals surface area contributed by atoms with Crippen molar-refractivity contribution in [2.24, 2.45) is 0 Å². The first kappa shape index (κ1) is 15.6. The van der Waals surface area contributed by atoms with Crippen molar-refractivity contribution in [1.82, 2.24) is 0 Å². The maximum atomic E-state index is 11.4. The summed E-state index contributed by atoms with van der Waals surface area (Å²) in [7, 11) is 0. The zero-order chi connectivity index (χ0) is 15.1. The molecule has 0 aliphatic carbocycles. The molecule has 0 amide bonds. The maximum absolute atomic E-state index is 11.4. The van der Waals surface area contributed by atoms with Crippen LogP contribution in [0.3, 0.4) is 0 Å². The van der Waals surface area contributed by atoms with Crippen LogP contribution in [-0.4, -0.2) is 6.61 Å². The number of unbranched alkanes of at least 4 members (excludes halogenated alkanes) is 5. The molecule has 0 aliphatic rings. The van der Waals surface area contributed by atoms with E-state index in [1.807, 2.05) is 19.1 Å². The first-order valence-electron chi connectivity index (χ1n) is 7.88. The van der Waals surface area contributed by atoms with E-state index in [0.29, 0.717) is 12.2 Å². The summed E-state index contributed by atoms with van der Waals surface area (Å²) in [5, 5.41) is 0.960. The van der Waals surface area contributed by atoms with Gasteiger partial charge in [0, 0.05) is 17.5 Å². The van der Waals surface area contributed by atoms with Gasteiger partial charge in [0.25, 0.3) is 0 Å². The van der Waals surface area contributed by atoms with Gasteiger partial charge in [-0.3, -0.25) is 0 Å². The van der Waals surface area contributed by atoms with E-state index in [1.165, 1.54) is 38.2 Å². The number of benzene rings is 1. The van der Waals surface area contributed by atoms with Gasteiger partial charge in [0.1, 0.15) is 11.3 Å². The minimum absolute atomic E-state index is 0.312. The molecule has 114 valence electrons. The Hall–Kier alpha value is -1.77. The lowest BCUT2D eigenvalue weighted by Crippen LogP contribution is -2.00. The molecule has 0 atom stereocenters. The van der Waals surface area contributed by atoms with Gasteiger partial charge in [-0.25, -0.2) is 4.79 Å². The highest BCUT2D eigenvalue weighted by Crippen LogP contribution is 2.22. The second kappa shape index (κ2) is 7.87. The quantitative estimate of drug-likeness (QED) is 0.515. The van der Waals surface area contributed by atoms with Gasteiger partial charge in [0.15, 0.2) is 0 Å². The number of fused-ring (bicyclic) bond motifs is 1. The van der Waals surface area contributed by atoms with Gasteiger partial charge in [0.2, 0.25) is 0 Å². The Labute approximate surface area is 125 Å². The molecule has 0 aliphatic heterocycles. The summed E-state index contributed by atoms with van der Waals surface area (Å²) < 4.78 is 11.0. The number of rotatable bonds is 8. The Kier molecular flexibility index (Phi) is 5.85. The largest absolute Gasteiger partial charge is 0.493 e. The third-order valence-electron chi connectivity index (χ3n) is 3.69. The number of aryl methyl sites for hydroxylation is 1. The van der Waals surface area contributed by atoms with Gasteiger partial charge >= 0.3 is 5.63 Å². The van der Waals surface area contributed by atoms with Gasteiger partial charge in [-0.15, -0.1) is 0 Å². The van der Waals surface area contributed by atoms with Crippen LogP contribution in [0.4, 0.5) is 0 Å². The van der Waals surface area contributed by atoms with Gasteiger partial charge in [0.05, 0.1) is 6.61 Å². The van der Waals surface area contributed by atoms with E-state index in [2.05, 4.69) is 6.92 Å². The van der Waals surface area contributed by atoms with E-state index in [0.717, 1.165) is 23.1 Å². The minimum Gasteiger partial charge on any atom is -0.493 e.